The summed E-state index contributed by atoms with van der Waals surface area (Å²) < 4.78 is 0. The molecule has 12 heavy (non-hydrogen) atoms. The topological polar surface area (TPSA) is 0 Å². The van der Waals surface area contributed by atoms with Crippen LogP contribution in [0.1, 0.15) is 0 Å². The molecule has 0 aliphatic carbocycles. The first-order valence-electron chi connectivity index (χ1n) is 3.67. The minimum Gasteiger partial charge on any atom is -0.214 e. The fraction of sp³-hybridized carbons (Fsp3) is 0. The van der Waals surface area contributed by atoms with Gasteiger partial charge in [0.05, 0.1) is 0 Å². The molecule has 0 atom stereocenters. The number of benzene rings is 1. The molecule has 2 aromatic rings. The van der Waals surface area contributed by atoms with Crippen LogP contribution in [0.15, 0.2) is 66.7 Å². The molecule has 0 fully saturated rings. The molecule has 0 N–H and O–H groups in total. The van der Waals surface area contributed by atoms with Gasteiger partial charge < -0.3 is 0 Å². The van der Waals surface area contributed by atoms with Gasteiger partial charge in [-0.3, -0.25) is 0 Å². The van der Waals surface area contributed by atoms with Crippen LogP contribution >= 0.6 is 0 Å². The van der Waals surface area contributed by atoms with E-state index in [9.17, 15) is 0 Å². The molecule has 0 amide bonds. The minimum atomic E-state index is 0. The SMILES string of the molecule is [Ru+].c1cc[cH-]c1.c1ccccc1. The predicted molar refractivity (Wildman–Crippen MR) is 48.5 cm³/mol. The monoisotopic (exact) mass is 245 g/mol. The van der Waals surface area contributed by atoms with Gasteiger partial charge in [0.25, 0.3) is 0 Å². The third kappa shape index (κ3) is 5.94. The molecule has 0 aliphatic heterocycles. The van der Waals surface area contributed by atoms with Crippen LogP contribution in [-0.4, -0.2) is 0 Å². The van der Waals surface area contributed by atoms with Crippen LogP contribution in [0.2, 0.25) is 0 Å². The molecule has 0 aromatic heterocycles. The van der Waals surface area contributed by atoms with E-state index in [-0.39, 0.29) is 19.5 Å². The van der Waals surface area contributed by atoms with Crippen LogP contribution in [0.5, 0.6) is 0 Å². The van der Waals surface area contributed by atoms with Crippen molar-refractivity contribution in [1.82, 2.24) is 0 Å². The Morgan fingerprint density at radius 2 is 0.833 bits per heavy atom. The number of hydrogen-bond acceptors (Lipinski definition) is 0. The second-order valence-electron chi connectivity index (χ2n) is 2.12. The van der Waals surface area contributed by atoms with Crippen LogP contribution in [0, 0.1) is 0 Å². The third-order valence-electron chi connectivity index (χ3n) is 1.22. The first-order valence-corrected chi connectivity index (χ1v) is 3.67. The summed E-state index contributed by atoms with van der Waals surface area (Å²) in [7, 11) is 0. The van der Waals surface area contributed by atoms with E-state index in [0.717, 1.165) is 0 Å². The van der Waals surface area contributed by atoms with Gasteiger partial charge in [-0.15, -0.1) is 0 Å². The third-order valence-corrected chi connectivity index (χ3v) is 1.22. The van der Waals surface area contributed by atoms with E-state index >= 15 is 0 Å². The second kappa shape index (κ2) is 8.29. The Labute approximate surface area is 86.4 Å². The number of hydrogen-bond donors (Lipinski definition) is 0. The molecule has 0 spiro atoms. The van der Waals surface area contributed by atoms with Crippen LogP contribution < -0.4 is 0 Å². The van der Waals surface area contributed by atoms with E-state index in [1.54, 1.807) is 0 Å². The van der Waals surface area contributed by atoms with E-state index in [1.165, 1.54) is 0 Å². The second-order valence-corrected chi connectivity index (χ2v) is 2.12. The van der Waals surface area contributed by atoms with Crippen molar-refractivity contribution in [2.45, 2.75) is 0 Å². The van der Waals surface area contributed by atoms with Crippen molar-refractivity contribution in [1.29, 1.82) is 0 Å². The Morgan fingerprint density at radius 1 is 0.500 bits per heavy atom. The molecular formula is C11H11Ru. The van der Waals surface area contributed by atoms with E-state index in [4.69, 9.17) is 0 Å². The first-order chi connectivity index (χ1) is 5.50. The summed E-state index contributed by atoms with van der Waals surface area (Å²) in [5.41, 5.74) is 0. The Bertz CT molecular complexity index is 191. The van der Waals surface area contributed by atoms with Crippen molar-refractivity contribution in [2.75, 3.05) is 0 Å². The van der Waals surface area contributed by atoms with E-state index in [0.29, 0.717) is 0 Å². The largest absolute Gasteiger partial charge is 1.00 e. The van der Waals surface area contributed by atoms with Gasteiger partial charge >= 0.3 is 19.5 Å². The van der Waals surface area contributed by atoms with Crippen LogP contribution in [0.25, 0.3) is 0 Å². The van der Waals surface area contributed by atoms with Crippen molar-refractivity contribution in [3.8, 4) is 0 Å². The normalized spacial score (nSPS) is 7.33. The van der Waals surface area contributed by atoms with Gasteiger partial charge in [-0.2, -0.15) is 18.2 Å². The molecule has 0 unspecified atom stereocenters. The molecule has 0 heterocycles. The van der Waals surface area contributed by atoms with Crippen molar-refractivity contribution >= 4 is 0 Å². The van der Waals surface area contributed by atoms with Gasteiger partial charge in [-0.25, -0.2) is 12.1 Å². The Morgan fingerprint density at radius 3 is 1.00 bits per heavy atom. The summed E-state index contributed by atoms with van der Waals surface area (Å²) in [5.74, 6) is 0. The molecular weight excluding hydrogens is 233 g/mol. The summed E-state index contributed by atoms with van der Waals surface area (Å²) in [5, 5.41) is 0. The zero-order chi connectivity index (χ0) is 7.78. The molecule has 0 bridgehead atoms. The molecule has 0 nitrogen and oxygen atoms in total. The van der Waals surface area contributed by atoms with Gasteiger partial charge in [0.2, 0.25) is 0 Å². The maximum absolute atomic E-state index is 2.00. The van der Waals surface area contributed by atoms with Crippen LogP contribution in [0.3, 0.4) is 0 Å². The molecule has 1 radical (unpaired) electrons. The van der Waals surface area contributed by atoms with Gasteiger partial charge in [0, 0.05) is 0 Å². The van der Waals surface area contributed by atoms with E-state index in [1.807, 2.05) is 66.7 Å². The van der Waals surface area contributed by atoms with Gasteiger partial charge in [0.1, 0.15) is 0 Å². The summed E-state index contributed by atoms with van der Waals surface area (Å²) in [6.45, 7) is 0. The maximum atomic E-state index is 2.00. The number of rotatable bonds is 0. The smallest absolute Gasteiger partial charge is 0.214 e. The molecule has 2 rings (SSSR count). The predicted octanol–water partition coefficient (Wildman–Crippen LogP) is 3.09. The Hall–Kier alpha value is -0.807. The first kappa shape index (κ1) is 11.2. The maximum Gasteiger partial charge on any atom is 1.00 e. The standard InChI is InChI=1S/C6H6.C5H5.Ru/c1-2-4-6-5-3-1;1-2-4-5-3-1;/h1-6H;1-5H;/q;-1;+1. The average Bonchev–Trinajstić information content (AvgIpc) is 2.64. The summed E-state index contributed by atoms with van der Waals surface area (Å²) in [6, 6.07) is 22.0. The van der Waals surface area contributed by atoms with E-state index in [2.05, 4.69) is 0 Å². The van der Waals surface area contributed by atoms with Crippen molar-refractivity contribution in [2.24, 2.45) is 0 Å². The van der Waals surface area contributed by atoms with Crippen LogP contribution in [0.4, 0.5) is 0 Å². The summed E-state index contributed by atoms with van der Waals surface area (Å²) >= 11 is 0. The fourth-order valence-corrected chi connectivity index (χ4v) is 0.706. The van der Waals surface area contributed by atoms with Crippen LogP contribution in [-0.2, 0) is 19.5 Å². The minimum absolute atomic E-state index is 0. The molecule has 63 valence electrons. The molecule has 0 saturated carbocycles. The molecule has 2 aromatic carbocycles. The molecule has 1 heteroatoms. The molecule has 0 saturated heterocycles. The molecule has 0 aliphatic rings. The Kier molecular flexibility index (Phi) is 7.73. The summed E-state index contributed by atoms with van der Waals surface area (Å²) in [4.78, 5) is 0. The van der Waals surface area contributed by atoms with Gasteiger partial charge in [-0.1, -0.05) is 36.4 Å². The van der Waals surface area contributed by atoms with Gasteiger partial charge in [0.15, 0.2) is 0 Å². The average molecular weight is 244 g/mol. The fourth-order valence-electron chi connectivity index (χ4n) is 0.706. The Balaban J connectivity index is 0.000000189. The zero-order valence-corrected chi connectivity index (χ0v) is 8.44. The summed E-state index contributed by atoms with van der Waals surface area (Å²) in [6.07, 6.45) is 0. The zero-order valence-electron chi connectivity index (χ0n) is 6.70. The van der Waals surface area contributed by atoms with E-state index < -0.39 is 0 Å². The van der Waals surface area contributed by atoms with Crippen molar-refractivity contribution in [3.05, 3.63) is 66.7 Å². The van der Waals surface area contributed by atoms with Crippen molar-refractivity contribution < 1.29 is 19.5 Å². The van der Waals surface area contributed by atoms with Gasteiger partial charge in [-0.05, 0) is 0 Å². The van der Waals surface area contributed by atoms with Crippen molar-refractivity contribution in [3.63, 3.8) is 0 Å². The quantitative estimate of drug-likeness (QED) is 0.493.